The molecule has 17 aliphatic heterocycles. The molecule has 12 atom stereocenters. The lowest BCUT2D eigenvalue weighted by molar-refractivity contribution is -0.0558. The van der Waals surface area contributed by atoms with Crippen molar-refractivity contribution < 1.29 is 38.1 Å². The van der Waals surface area contributed by atoms with Crippen LogP contribution in [0.15, 0.2) is 48.5 Å². The lowest BCUT2D eigenvalue weighted by atomic mass is 9.57. The molecular formula is C44H52O8. The highest BCUT2D eigenvalue weighted by molar-refractivity contribution is 5.94. The van der Waals surface area contributed by atoms with Gasteiger partial charge in [0.2, 0.25) is 0 Å². The minimum absolute atomic E-state index is 0.0882. The molecule has 0 spiro atoms. The van der Waals surface area contributed by atoms with Crippen LogP contribution in [0.1, 0.15) is 144 Å². The monoisotopic (exact) mass is 708 g/mol. The summed E-state index contributed by atoms with van der Waals surface area (Å²) < 4.78 is 24.2. The molecule has 2 aromatic rings. The number of carbonyl (C=O) groups is 4. The van der Waals surface area contributed by atoms with Crippen LogP contribution >= 0.6 is 0 Å². The second-order valence-electron chi connectivity index (χ2n) is 17.4. The average molecular weight is 709 g/mol. The van der Waals surface area contributed by atoms with E-state index in [1.165, 1.54) is 0 Å². The summed E-state index contributed by atoms with van der Waals surface area (Å²) in [5, 5.41) is 0. The first-order valence-electron chi connectivity index (χ1n) is 20.4. The van der Waals surface area contributed by atoms with Crippen molar-refractivity contribution in [1.82, 2.24) is 0 Å². The molecule has 23 aliphatic rings. The summed E-state index contributed by atoms with van der Waals surface area (Å²) in [4.78, 5) is 52.8. The topological polar surface area (TPSA) is 105 Å². The van der Waals surface area contributed by atoms with E-state index in [0.29, 0.717) is 69.6 Å². The van der Waals surface area contributed by atoms with Gasteiger partial charge in [0, 0.05) is 0 Å². The van der Waals surface area contributed by atoms with Gasteiger partial charge >= 0.3 is 23.9 Å². The highest BCUT2D eigenvalue weighted by Gasteiger charge is 2.47. The normalized spacial score (nSPS) is 39.1. The third kappa shape index (κ3) is 6.80. The summed E-state index contributed by atoms with van der Waals surface area (Å²) in [6.07, 6.45) is 15.4. The summed E-state index contributed by atoms with van der Waals surface area (Å²) in [5.74, 6) is 3.40. The van der Waals surface area contributed by atoms with Crippen molar-refractivity contribution in [2.45, 2.75) is 127 Å². The minimum atomic E-state index is -0.318. The molecule has 16 bridgehead atoms. The first kappa shape index (κ1) is 34.1. The highest BCUT2D eigenvalue weighted by Crippen LogP contribution is 2.53. The molecule has 25 rings (SSSR count). The molecule has 0 amide bonds. The molecule has 0 N–H and O–H groups in total. The van der Waals surface area contributed by atoms with E-state index in [9.17, 15) is 19.2 Å². The van der Waals surface area contributed by atoms with E-state index in [1.807, 2.05) is 0 Å². The molecule has 52 heavy (non-hydrogen) atoms. The number of hydrogen-bond donors (Lipinski definition) is 0. The van der Waals surface area contributed by atoms with Gasteiger partial charge in [-0.2, -0.15) is 0 Å². The standard InChI is InChI=1S/C44H52O8/c45-41-25-1-2-26(4-3-25)42(46)50-34-14-18-38-30(22-34)11-12-32-24-36(16-20-40(32)38)52-44(48)28-7-5-27(6-8-28)43(47)51-35-15-19-39-31(23-35)10-9-29-21-33(49-41)13-17-37(29)39/h1-8,29-40H,9-24H2/t29-,30+,31+,32-,33-,34-,35+,36+,37+,38-,39-,40+. The van der Waals surface area contributed by atoms with Crippen LogP contribution in [-0.2, 0) is 18.9 Å². The summed E-state index contributed by atoms with van der Waals surface area (Å²) in [6, 6.07) is 13.6. The van der Waals surface area contributed by atoms with Crippen molar-refractivity contribution >= 4 is 23.9 Å². The van der Waals surface area contributed by atoms with Crippen molar-refractivity contribution in [3.8, 4) is 0 Å². The van der Waals surface area contributed by atoms with E-state index in [2.05, 4.69) is 0 Å². The van der Waals surface area contributed by atoms with Gasteiger partial charge < -0.3 is 18.9 Å². The van der Waals surface area contributed by atoms with E-state index in [1.54, 1.807) is 48.5 Å². The quantitative estimate of drug-likeness (QED) is 0.198. The minimum Gasteiger partial charge on any atom is -0.459 e. The molecule has 0 unspecified atom stereocenters. The lowest BCUT2D eigenvalue weighted by Crippen LogP contribution is -2.44. The zero-order valence-corrected chi connectivity index (χ0v) is 30.1. The van der Waals surface area contributed by atoms with Gasteiger partial charge in [0.1, 0.15) is 24.4 Å². The fraction of sp³-hybridized carbons (Fsp3) is 0.636. The number of ether oxygens (including phenoxy) is 4. The fourth-order valence-electron chi connectivity index (χ4n) is 12.2. The summed E-state index contributed by atoms with van der Waals surface area (Å²) >= 11 is 0. The molecular weight excluding hydrogens is 656 g/mol. The fourth-order valence-corrected chi connectivity index (χ4v) is 12.2. The van der Waals surface area contributed by atoms with Crippen molar-refractivity contribution in [2.75, 3.05) is 0 Å². The van der Waals surface area contributed by atoms with Crippen LogP contribution in [0.2, 0.25) is 0 Å². The van der Waals surface area contributed by atoms with Crippen LogP contribution in [-0.4, -0.2) is 48.3 Å². The van der Waals surface area contributed by atoms with Gasteiger partial charge in [-0.1, -0.05) is 0 Å². The van der Waals surface area contributed by atoms with Crippen LogP contribution < -0.4 is 0 Å². The van der Waals surface area contributed by atoms with Gasteiger partial charge in [0.05, 0.1) is 22.3 Å². The number of carbonyl (C=O) groups excluding carboxylic acids is 4. The Morgan fingerprint density at radius 1 is 0.308 bits per heavy atom. The zero-order chi connectivity index (χ0) is 35.3. The van der Waals surface area contributed by atoms with Gasteiger partial charge in [-0.05, 0) is 199 Å². The van der Waals surface area contributed by atoms with Gasteiger partial charge in [0.15, 0.2) is 0 Å². The Balaban J connectivity index is 0.909. The zero-order valence-electron chi connectivity index (χ0n) is 30.1. The molecule has 276 valence electrons. The van der Waals surface area contributed by atoms with E-state index in [-0.39, 0.29) is 48.3 Å². The summed E-state index contributed by atoms with van der Waals surface area (Å²) in [5.41, 5.74) is 1.88. The first-order chi connectivity index (χ1) is 25.3. The summed E-state index contributed by atoms with van der Waals surface area (Å²) in [6.45, 7) is 0. The smallest absolute Gasteiger partial charge is 0.338 e. The predicted octanol–water partition coefficient (Wildman–Crippen LogP) is 8.75. The van der Waals surface area contributed by atoms with Crippen LogP contribution in [0.3, 0.4) is 0 Å². The Hall–Kier alpha value is -3.68. The third-order valence-corrected chi connectivity index (χ3v) is 14.7. The van der Waals surface area contributed by atoms with Crippen molar-refractivity contribution in [1.29, 1.82) is 0 Å². The molecule has 6 fully saturated rings. The average Bonchev–Trinajstić information content (AvgIpc) is 3.17. The number of benzene rings is 2. The highest BCUT2D eigenvalue weighted by atomic mass is 16.6. The van der Waals surface area contributed by atoms with E-state index >= 15 is 0 Å². The lowest BCUT2D eigenvalue weighted by Gasteiger charge is -2.50. The molecule has 0 aromatic heterocycles. The van der Waals surface area contributed by atoms with E-state index < -0.39 is 0 Å². The molecule has 0 radical (unpaired) electrons. The molecule has 8 heteroatoms. The maximum atomic E-state index is 13.2. The van der Waals surface area contributed by atoms with Gasteiger partial charge in [-0.3, -0.25) is 0 Å². The molecule has 6 saturated carbocycles. The predicted molar refractivity (Wildman–Crippen MR) is 191 cm³/mol. The van der Waals surface area contributed by atoms with Crippen molar-refractivity contribution in [3.05, 3.63) is 70.8 Å². The Bertz CT molecular complexity index is 1420. The first-order valence-corrected chi connectivity index (χ1v) is 20.4. The van der Waals surface area contributed by atoms with Gasteiger partial charge in [-0.25, -0.2) is 19.2 Å². The van der Waals surface area contributed by atoms with Crippen molar-refractivity contribution in [3.63, 3.8) is 0 Å². The van der Waals surface area contributed by atoms with Crippen LogP contribution in [0.25, 0.3) is 0 Å². The summed E-state index contributed by atoms with van der Waals surface area (Å²) in [7, 11) is 0. The molecule has 0 saturated heterocycles. The second kappa shape index (κ2) is 14.3. The molecule has 17 heterocycles. The number of rotatable bonds is 0. The largest absolute Gasteiger partial charge is 0.459 e. The Kier molecular flexibility index (Phi) is 9.37. The molecule has 2 aromatic carbocycles. The third-order valence-electron chi connectivity index (χ3n) is 14.7. The number of hydrogen-bond acceptors (Lipinski definition) is 8. The second-order valence-corrected chi connectivity index (χ2v) is 17.4. The van der Waals surface area contributed by atoms with Crippen LogP contribution in [0, 0.1) is 47.3 Å². The van der Waals surface area contributed by atoms with Crippen LogP contribution in [0.5, 0.6) is 0 Å². The Morgan fingerprint density at radius 2 is 0.519 bits per heavy atom. The maximum absolute atomic E-state index is 13.2. The van der Waals surface area contributed by atoms with Gasteiger partial charge in [-0.15, -0.1) is 0 Å². The Labute approximate surface area is 306 Å². The van der Waals surface area contributed by atoms with Crippen molar-refractivity contribution in [2.24, 2.45) is 47.3 Å². The number of esters is 4. The van der Waals surface area contributed by atoms with Crippen LogP contribution in [0.4, 0.5) is 0 Å². The van der Waals surface area contributed by atoms with E-state index in [0.717, 1.165) is 103 Å². The SMILES string of the molecule is O=C1O[C@@H]2CC[C@@H]3[C@@H](CC[C@@H]4C[C@H](CC[C@@H]43)OC(=O)c3ccc(cc3)C(=O)O[C@H]3CC[C@@H]4[C@@H](CC[C@@H]5C[C@@H](CC[C@@H]54)OC(=O)c4ccc1cc4)C3)C2. The van der Waals surface area contributed by atoms with E-state index in [4.69, 9.17) is 18.9 Å². The molecule has 8 nitrogen and oxygen atoms in total. The molecule has 6 aliphatic carbocycles. The Morgan fingerprint density at radius 3 is 0.731 bits per heavy atom. The van der Waals surface area contributed by atoms with Gasteiger partial charge in [0.25, 0.3) is 0 Å². The maximum Gasteiger partial charge on any atom is 0.338 e.